The lowest BCUT2D eigenvalue weighted by molar-refractivity contribution is -0.159. The maximum Gasteiger partial charge on any atom is 0.471 e. The van der Waals surface area contributed by atoms with E-state index in [0.717, 1.165) is 38.0 Å². The molecular formula is C55H64F3N9O8S2. The topological polar surface area (TPSA) is 214 Å². The third-order valence-electron chi connectivity index (χ3n) is 13.9. The number of hydrogen-bond acceptors (Lipinski definition) is 15. The van der Waals surface area contributed by atoms with Gasteiger partial charge in [-0.1, -0.05) is 92.7 Å². The number of nitrogens with zero attached hydrogens (tertiary/aromatic N) is 6. The van der Waals surface area contributed by atoms with Gasteiger partial charge in [0.15, 0.2) is 0 Å². The van der Waals surface area contributed by atoms with Crippen LogP contribution in [0.2, 0.25) is 0 Å². The first-order chi connectivity index (χ1) is 36.8. The van der Waals surface area contributed by atoms with Crippen LogP contribution in [0.3, 0.4) is 0 Å². The van der Waals surface area contributed by atoms with E-state index in [1.807, 2.05) is 94.6 Å². The number of β-amino-alcohol motifs (C(OH)–C–C–N with tert-alkyl or cyclic N) is 1. The van der Waals surface area contributed by atoms with Gasteiger partial charge in [0.2, 0.25) is 23.5 Å². The highest BCUT2D eigenvalue weighted by Crippen LogP contribution is 2.39. The number of piperidine rings is 1. The molecule has 77 heavy (non-hydrogen) atoms. The van der Waals surface area contributed by atoms with Crippen LogP contribution in [0.5, 0.6) is 0 Å². The van der Waals surface area contributed by atoms with E-state index in [2.05, 4.69) is 40.5 Å². The summed E-state index contributed by atoms with van der Waals surface area (Å²) in [7, 11) is 0. The molecule has 4 atom stereocenters. The predicted octanol–water partition coefficient (Wildman–Crippen LogP) is 7.87. The van der Waals surface area contributed by atoms with Crippen LogP contribution < -0.4 is 16.0 Å². The van der Waals surface area contributed by atoms with Gasteiger partial charge in [0.1, 0.15) is 17.1 Å². The van der Waals surface area contributed by atoms with Crippen LogP contribution in [0.4, 0.5) is 13.2 Å². The van der Waals surface area contributed by atoms with Crippen molar-refractivity contribution >= 4 is 46.3 Å². The van der Waals surface area contributed by atoms with Crippen molar-refractivity contribution in [3.63, 3.8) is 0 Å². The van der Waals surface area contributed by atoms with Crippen LogP contribution in [0.15, 0.2) is 94.3 Å². The number of rotatable bonds is 21. The summed E-state index contributed by atoms with van der Waals surface area (Å²) in [6, 6.07) is 21.5. The summed E-state index contributed by atoms with van der Waals surface area (Å²) in [5.74, 6) is -3.38. The molecule has 1 unspecified atom stereocenters. The van der Waals surface area contributed by atoms with Gasteiger partial charge in [-0.25, -0.2) is 9.97 Å². The molecule has 3 aromatic carbocycles. The van der Waals surface area contributed by atoms with Gasteiger partial charge < -0.3 is 44.9 Å². The van der Waals surface area contributed by atoms with Crippen LogP contribution in [-0.4, -0.2) is 136 Å². The van der Waals surface area contributed by atoms with Gasteiger partial charge in [0.05, 0.1) is 60.3 Å². The first kappa shape index (κ1) is 56.8. The molecule has 0 aliphatic carbocycles. The molecule has 2 saturated heterocycles. The summed E-state index contributed by atoms with van der Waals surface area (Å²) in [5, 5.41) is 26.0. The number of aliphatic hydroxyl groups is 1. The molecule has 17 nitrogen and oxygen atoms in total. The molecule has 4 N–H and O–H groups in total. The number of halogens is 3. The lowest BCUT2D eigenvalue weighted by atomic mass is 9.78. The molecular weight excluding hydrogens is 1040 g/mol. The normalized spacial score (nSPS) is 17.7. The molecule has 2 aliphatic heterocycles. The molecule has 0 radical (unpaired) electrons. The standard InChI is InChI=1S/C55H64F3N9O8S2/c1-34(36-14-16-38(17-15-36)45-35(2)60-33-77-45)61-49(71)43-29-41(68)30-67(43)50(72)46(53(3,4)5)63-44(69)18-24-73-26-27-74-25-23-66-21-19-54(20-22-66,52-62-42(31-76-52)37-10-7-6-8-11-37)32-59-48(70)40-13-9-12-39(28-40)47-64-51(75-65-47)55(56,57)58/h6-17,28,31,33-34,41,43,46,68H,18-27,29-30,32H2,1-5H3,(H,59,70)(H,61,71)(H,63,69)/t34-,41+,43-,46?/m0/s1. The summed E-state index contributed by atoms with van der Waals surface area (Å²) < 4.78 is 55.5. The summed E-state index contributed by atoms with van der Waals surface area (Å²) in [6.45, 7) is 12.7. The summed E-state index contributed by atoms with van der Waals surface area (Å²) >= 11 is 3.11. The van der Waals surface area contributed by atoms with Crippen molar-refractivity contribution in [2.45, 2.75) is 96.1 Å². The van der Waals surface area contributed by atoms with Crippen molar-refractivity contribution < 1.29 is 51.5 Å². The highest BCUT2D eigenvalue weighted by Gasteiger charge is 2.45. The van der Waals surface area contributed by atoms with Gasteiger partial charge in [0, 0.05) is 60.0 Å². The van der Waals surface area contributed by atoms with Crippen molar-refractivity contribution in [2.24, 2.45) is 5.41 Å². The molecule has 0 bridgehead atoms. The Morgan fingerprint density at radius 2 is 1.60 bits per heavy atom. The molecule has 3 aromatic heterocycles. The zero-order chi connectivity index (χ0) is 54.9. The minimum Gasteiger partial charge on any atom is -0.391 e. The quantitative estimate of drug-likeness (QED) is 0.0506. The van der Waals surface area contributed by atoms with E-state index in [-0.39, 0.29) is 74.0 Å². The number of alkyl halides is 3. The number of benzene rings is 3. The molecule has 0 saturated carbocycles. The first-order valence-corrected chi connectivity index (χ1v) is 27.3. The van der Waals surface area contributed by atoms with Gasteiger partial charge in [-0.05, 0) is 68.5 Å². The Balaban J connectivity index is 0.772. The number of thiazole rings is 2. The van der Waals surface area contributed by atoms with Crippen LogP contribution in [-0.2, 0) is 35.4 Å². The van der Waals surface area contributed by atoms with Gasteiger partial charge in [-0.15, -0.1) is 22.7 Å². The van der Waals surface area contributed by atoms with Crippen LogP contribution >= 0.6 is 22.7 Å². The van der Waals surface area contributed by atoms with E-state index in [1.165, 1.54) is 17.0 Å². The SMILES string of the molecule is Cc1ncsc1-c1ccc([C@H](C)NC(=O)[C@@H]2C[C@@H](O)CN2C(=O)C(NC(=O)CCOCCOCCN2CCC(CNC(=O)c3cccc(-c4noc(C(F)(F)F)n4)c3)(c3nc(-c4ccccc4)cs3)CC2)C(C)(C)C)cc1. The van der Waals surface area contributed by atoms with E-state index < -0.39 is 52.9 Å². The van der Waals surface area contributed by atoms with Crippen molar-refractivity contribution in [1.82, 2.24) is 45.9 Å². The molecule has 0 spiro atoms. The number of aryl methyl sites for hydroxylation is 1. The largest absolute Gasteiger partial charge is 0.471 e. The summed E-state index contributed by atoms with van der Waals surface area (Å²) in [4.78, 5) is 72.3. The zero-order valence-electron chi connectivity index (χ0n) is 43.6. The number of aromatic nitrogens is 4. The number of amides is 4. The van der Waals surface area contributed by atoms with Gasteiger partial charge >= 0.3 is 12.1 Å². The molecule has 2 aliphatic rings. The highest BCUT2D eigenvalue weighted by molar-refractivity contribution is 7.13. The fourth-order valence-corrected chi connectivity index (χ4v) is 11.4. The fourth-order valence-electron chi connectivity index (χ4n) is 9.47. The molecule has 410 valence electrons. The molecule has 8 rings (SSSR count). The Bertz CT molecular complexity index is 2950. The Morgan fingerprint density at radius 3 is 2.27 bits per heavy atom. The maximum absolute atomic E-state index is 14.1. The van der Waals surface area contributed by atoms with Crippen LogP contribution in [0, 0.1) is 12.3 Å². The average Bonchev–Trinajstić information content (AvgIpc) is 4.27. The van der Waals surface area contributed by atoms with E-state index in [1.54, 1.807) is 40.3 Å². The maximum atomic E-state index is 14.1. The first-order valence-electron chi connectivity index (χ1n) is 25.6. The van der Waals surface area contributed by atoms with Crippen molar-refractivity contribution in [1.29, 1.82) is 0 Å². The van der Waals surface area contributed by atoms with E-state index in [0.29, 0.717) is 45.7 Å². The van der Waals surface area contributed by atoms with Gasteiger partial charge in [-0.3, -0.25) is 19.2 Å². The summed E-state index contributed by atoms with van der Waals surface area (Å²) in [6.07, 6.45) is -4.26. The minimum absolute atomic E-state index is 0.00797. The van der Waals surface area contributed by atoms with Crippen LogP contribution in [0.25, 0.3) is 33.1 Å². The number of aliphatic hydroxyl groups excluding tert-OH is 1. The van der Waals surface area contributed by atoms with Gasteiger partial charge in [0.25, 0.3) is 5.91 Å². The predicted molar refractivity (Wildman–Crippen MR) is 285 cm³/mol. The highest BCUT2D eigenvalue weighted by atomic mass is 32.1. The van der Waals surface area contributed by atoms with Crippen molar-refractivity contribution in [3.05, 3.63) is 117 Å². The Labute approximate surface area is 453 Å². The number of carbonyl (C=O) groups is 4. The lowest BCUT2D eigenvalue weighted by Crippen LogP contribution is -2.58. The van der Waals surface area contributed by atoms with Crippen molar-refractivity contribution in [2.75, 3.05) is 59.2 Å². The Morgan fingerprint density at radius 1 is 0.883 bits per heavy atom. The number of nitrogens with one attached hydrogen (secondary N) is 3. The molecule has 22 heteroatoms. The molecule has 5 heterocycles. The average molecular weight is 1100 g/mol. The second-order valence-corrected chi connectivity index (χ2v) is 22.3. The van der Waals surface area contributed by atoms with E-state index >= 15 is 0 Å². The second-order valence-electron chi connectivity index (χ2n) is 20.6. The number of hydrogen-bond donors (Lipinski definition) is 4. The third kappa shape index (κ3) is 14.4. The van der Waals surface area contributed by atoms with Crippen molar-refractivity contribution in [3.8, 4) is 33.1 Å². The molecule has 2 fully saturated rings. The molecule has 6 aromatic rings. The summed E-state index contributed by atoms with van der Waals surface area (Å²) in [5.41, 5.74) is 5.72. The third-order valence-corrected chi connectivity index (χ3v) is 16.0. The zero-order valence-corrected chi connectivity index (χ0v) is 45.2. The Kier molecular flexibility index (Phi) is 18.4. The van der Waals surface area contributed by atoms with Crippen LogP contribution in [0.1, 0.15) is 91.9 Å². The minimum atomic E-state index is -4.80. The second kappa shape index (κ2) is 24.9. The molecule has 4 amide bonds. The number of ether oxygens (including phenoxy) is 2. The lowest BCUT2D eigenvalue weighted by Gasteiger charge is -2.40. The monoisotopic (exact) mass is 1100 g/mol. The van der Waals surface area contributed by atoms with E-state index in [4.69, 9.17) is 14.5 Å². The smallest absolute Gasteiger partial charge is 0.391 e. The van der Waals surface area contributed by atoms with Gasteiger partial charge in [-0.2, -0.15) is 18.2 Å². The number of carbonyl (C=O) groups excluding carboxylic acids is 4. The number of likely N-dealkylation sites (tertiary alicyclic amines) is 2. The fraction of sp³-hybridized carbons (Fsp3) is 0.455. The van der Waals surface area contributed by atoms with E-state index in [9.17, 15) is 37.5 Å². The Hall–Kier alpha value is -6.43.